The second-order valence-corrected chi connectivity index (χ2v) is 5.18. The third-order valence-corrected chi connectivity index (χ3v) is 3.37. The molecule has 1 aliphatic rings. The Hall–Kier alpha value is -1.36. The van der Waals surface area contributed by atoms with Crippen molar-refractivity contribution in [2.24, 2.45) is 0 Å². The van der Waals surface area contributed by atoms with Gasteiger partial charge in [0.1, 0.15) is 0 Å². The van der Waals surface area contributed by atoms with Crippen molar-refractivity contribution < 1.29 is 40.5 Å². The molecule has 118 valence electrons. The molecule has 0 aromatic rings. The van der Waals surface area contributed by atoms with Crippen LogP contribution in [0.5, 0.6) is 0 Å². The number of alkyl halides is 3. The highest BCUT2D eigenvalue weighted by molar-refractivity contribution is 7.84. The number of carboxylic acid groups (broad SMARTS) is 1. The molecular formula is C9H14F3NO6S. The molecule has 0 aliphatic carbocycles. The van der Waals surface area contributed by atoms with Crippen LogP contribution in [-0.2, 0) is 24.1 Å². The minimum Gasteiger partial charge on any atom is -0.475 e. The SMILES string of the molecule is CCCOS(=O)(=O)N1CCCC1=O.O=C(O)C(F)(F)F. The average Bonchev–Trinajstić information content (AvgIpc) is 2.73. The van der Waals surface area contributed by atoms with Crippen LogP contribution in [0.2, 0.25) is 0 Å². The van der Waals surface area contributed by atoms with Crippen molar-refractivity contribution in [1.82, 2.24) is 4.31 Å². The van der Waals surface area contributed by atoms with Crippen LogP contribution in [0.15, 0.2) is 0 Å². The van der Waals surface area contributed by atoms with Gasteiger partial charge in [0.25, 0.3) is 0 Å². The predicted octanol–water partition coefficient (Wildman–Crippen LogP) is 0.913. The van der Waals surface area contributed by atoms with Crippen LogP contribution in [0.3, 0.4) is 0 Å². The van der Waals surface area contributed by atoms with E-state index < -0.39 is 22.4 Å². The fourth-order valence-corrected chi connectivity index (χ4v) is 2.31. The first kappa shape index (κ1) is 18.6. The lowest BCUT2D eigenvalue weighted by molar-refractivity contribution is -0.192. The Bertz CT molecular complexity index is 447. The summed E-state index contributed by atoms with van der Waals surface area (Å²) in [5.74, 6) is -3.12. The van der Waals surface area contributed by atoms with Crippen molar-refractivity contribution in [3.8, 4) is 0 Å². The third kappa shape index (κ3) is 6.19. The number of carboxylic acids is 1. The van der Waals surface area contributed by atoms with Crippen molar-refractivity contribution in [1.29, 1.82) is 0 Å². The number of amides is 1. The number of nitrogens with zero attached hydrogens (tertiary/aromatic N) is 1. The van der Waals surface area contributed by atoms with Crippen LogP contribution in [0, 0.1) is 0 Å². The summed E-state index contributed by atoms with van der Waals surface area (Å²) in [6.07, 6.45) is -3.58. The standard InChI is InChI=1S/C7H13NO4S.C2HF3O2/c1-2-6-12-13(10,11)8-5-3-4-7(8)9;3-2(4,5)1(6)7/h2-6H2,1H3;(H,6,7). The van der Waals surface area contributed by atoms with E-state index in [0.717, 1.165) is 4.31 Å². The number of aliphatic carboxylic acids is 1. The van der Waals surface area contributed by atoms with E-state index in [-0.39, 0.29) is 19.1 Å². The highest BCUT2D eigenvalue weighted by atomic mass is 32.2. The molecule has 20 heavy (non-hydrogen) atoms. The third-order valence-electron chi connectivity index (χ3n) is 1.98. The molecule has 0 aromatic carbocycles. The summed E-state index contributed by atoms with van der Waals surface area (Å²) in [4.78, 5) is 19.9. The summed E-state index contributed by atoms with van der Waals surface area (Å²) in [5.41, 5.74) is 0. The van der Waals surface area contributed by atoms with Gasteiger partial charge in [-0.25, -0.2) is 9.10 Å². The van der Waals surface area contributed by atoms with Gasteiger partial charge in [0, 0.05) is 13.0 Å². The summed E-state index contributed by atoms with van der Waals surface area (Å²) < 4.78 is 59.7. The normalized spacial score (nSPS) is 15.8. The average molecular weight is 321 g/mol. The number of carbonyl (C=O) groups is 2. The Balaban J connectivity index is 0.000000441. The molecule has 0 saturated carbocycles. The largest absolute Gasteiger partial charge is 0.490 e. The molecule has 11 heteroatoms. The second-order valence-electron chi connectivity index (χ2n) is 3.65. The van der Waals surface area contributed by atoms with E-state index in [0.29, 0.717) is 19.3 Å². The van der Waals surface area contributed by atoms with Crippen molar-refractivity contribution in [2.45, 2.75) is 32.4 Å². The summed E-state index contributed by atoms with van der Waals surface area (Å²) in [7, 11) is -3.79. The van der Waals surface area contributed by atoms with Gasteiger partial charge in [-0.2, -0.15) is 21.6 Å². The van der Waals surface area contributed by atoms with Crippen LogP contribution >= 0.6 is 0 Å². The fourth-order valence-electron chi connectivity index (χ4n) is 1.11. The van der Waals surface area contributed by atoms with Gasteiger partial charge >= 0.3 is 22.4 Å². The maximum Gasteiger partial charge on any atom is 0.490 e. The Morgan fingerprint density at radius 2 is 1.95 bits per heavy atom. The Morgan fingerprint density at radius 1 is 1.45 bits per heavy atom. The van der Waals surface area contributed by atoms with Crippen molar-refractivity contribution in [3.63, 3.8) is 0 Å². The zero-order chi connectivity index (χ0) is 16.0. The van der Waals surface area contributed by atoms with Gasteiger partial charge in [-0.1, -0.05) is 6.92 Å². The van der Waals surface area contributed by atoms with Gasteiger partial charge in [0.15, 0.2) is 0 Å². The molecule has 0 atom stereocenters. The fraction of sp³-hybridized carbons (Fsp3) is 0.778. The van der Waals surface area contributed by atoms with Crippen LogP contribution in [0.4, 0.5) is 13.2 Å². The lowest BCUT2D eigenvalue weighted by Crippen LogP contribution is -2.33. The Kier molecular flexibility index (Phi) is 6.92. The number of hydrogen-bond donors (Lipinski definition) is 1. The lowest BCUT2D eigenvalue weighted by Gasteiger charge is -2.14. The van der Waals surface area contributed by atoms with Crippen LogP contribution in [0.1, 0.15) is 26.2 Å². The maximum absolute atomic E-state index is 11.3. The van der Waals surface area contributed by atoms with Crippen molar-refractivity contribution in [3.05, 3.63) is 0 Å². The van der Waals surface area contributed by atoms with E-state index in [1.165, 1.54) is 0 Å². The smallest absolute Gasteiger partial charge is 0.475 e. The minimum absolute atomic E-state index is 0.131. The quantitative estimate of drug-likeness (QED) is 0.826. The highest BCUT2D eigenvalue weighted by Crippen LogP contribution is 2.15. The van der Waals surface area contributed by atoms with Gasteiger partial charge in [0.2, 0.25) is 5.91 Å². The zero-order valence-electron chi connectivity index (χ0n) is 10.5. The first-order chi connectivity index (χ1) is 9.02. The van der Waals surface area contributed by atoms with Gasteiger partial charge < -0.3 is 5.11 Å². The topological polar surface area (TPSA) is 101 Å². The van der Waals surface area contributed by atoms with Crippen LogP contribution < -0.4 is 0 Å². The molecule has 1 amide bonds. The molecule has 1 rings (SSSR count). The minimum atomic E-state index is -5.08. The Morgan fingerprint density at radius 3 is 2.25 bits per heavy atom. The van der Waals surface area contributed by atoms with Crippen LogP contribution in [-0.4, -0.2) is 49.0 Å². The van der Waals surface area contributed by atoms with Gasteiger partial charge in [-0.15, -0.1) is 0 Å². The maximum atomic E-state index is 11.3. The van der Waals surface area contributed by atoms with E-state index in [1.807, 2.05) is 0 Å². The molecular weight excluding hydrogens is 307 g/mol. The number of carbonyl (C=O) groups excluding carboxylic acids is 1. The highest BCUT2D eigenvalue weighted by Gasteiger charge is 2.38. The molecule has 0 unspecified atom stereocenters. The Labute approximate surface area is 113 Å². The molecule has 1 N–H and O–H groups in total. The molecule has 0 radical (unpaired) electrons. The summed E-state index contributed by atoms with van der Waals surface area (Å²) in [6, 6.07) is 0. The van der Waals surface area contributed by atoms with Gasteiger partial charge in [-0.05, 0) is 12.8 Å². The molecule has 1 aliphatic heterocycles. The molecule has 0 bridgehead atoms. The number of hydrogen-bond acceptors (Lipinski definition) is 5. The summed E-state index contributed by atoms with van der Waals surface area (Å²) >= 11 is 0. The molecule has 0 spiro atoms. The van der Waals surface area contributed by atoms with Crippen molar-refractivity contribution in [2.75, 3.05) is 13.2 Å². The van der Waals surface area contributed by atoms with Gasteiger partial charge in [-0.3, -0.25) is 8.98 Å². The lowest BCUT2D eigenvalue weighted by atomic mass is 10.4. The monoisotopic (exact) mass is 321 g/mol. The summed E-state index contributed by atoms with van der Waals surface area (Å²) in [6.45, 7) is 2.19. The number of halogens is 3. The molecule has 0 aromatic heterocycles. The summed E-state index contributed by atoms with van der Waals surface area (Å²) in [5, 5.41) is 7.12. The van der Waals surface area contributed by atoms with E-state index in [9.17, 15) is 26.4 Å². The van der Waals surface area contributed by atoms with Crippen molar-refractivity contribution >= 4 is 22.2 Å². The van der Waals surface area contributed by atoms with E-state index in [1.54, 1.807) is 6.92 Å². The second kappa shape index (κ2) is 7.43. The first-order valence-electron chi connectivity index (χ1n) is 5.52. The molecule has 7 nitrogen and oxygen atoms in total. The molecule has 1 saturated heterocycles. The van der Waals surface area contributed by atoms with E-state index >= 15 is 0 Å². The predicted molar refractivity (Wildman–Crippen MR) is 59.8 cm³/mol. The molecule has 1 fully saturated rings. The van der Waals surface area contributed by atoms with Crippen LogP contribution in [0.25, 0.3) is 0 Å². The van der Waals surface area contributed by atoms with E-state index in [4.69, 9.17) is 9.90 Å². The van der Waals surface area contributed by atoms with Gasteiger partial charge in [0.05, 0.1) is 6.61 Å². The molecule has 1 heterocycles. The van der Waals surface area contributed by atoms with E-state index in [2.05, 4.69) is 4.18 Å². The first-order valence-corrected chi connectivity index (χ1v) is 6.89. The number of rotatable bonds is 4. The zero-order valence-corrected chi connectivity index (χ0v) is 11.3.